The van der Waals surface area contributed by atoms with E-state index in [1.807, 2.05) is 0 Å². The van der Waals surface area contributed by atoms with Crippen LogP contribution in [0.4, 0.5) is 0 Å². The molecule has 21 heavy (non-hydrogen) atoms. The highest BCUT2D eigenvalue weighted by molar-refractivity contribution is 14.1. The molecule has 1 amide bonds. The maximum atomic E-state index is 12.5. The van der Waals surface area contributed by atoms with Gasteiger partial charge in [-0.25, -0.2) is 8.42 Å². The van der Waals surface area contributed by atoms with Crippen molar-refractivity contribution < 1.29 is 13.2 Å². The van der Waals surface area contributed by atoms with Gasteiger partial charge in [0.15, 0.2) is 0 Å². The van der Waals surface area contributed by atoms with Gasteiger partial charge in [-0.05, 0) is 65.6 Å². The fraction of sp³-hybridized carbons (Fsp3) is 0.500. The Morgan fingerprint density at radius 2 is 1.86 bits per heavy atom. The normalized spacial score (nSPS) is 17.6. The highest BCUT2D eigenvalue weighted by atomic mass is 127. The number of piperidine rings is 1. The Hall–Kier alpha value is -0.670. The van der Waals surface area contributed by atoms with Crippen LogP contribution in [0, 0.1) is 9.49 Å². The number of nitrogens with zero attached hydrogens (tertiary/aromatic N) is 1. The van der Waals surface area contributed by atoms with E-state index < -0.39 is 10.0 Å². The fourth-order valence-electron chi connectivity index (χ4n) is 2.40. The van der Waals surface area contributed by atoms with Crippen LogP contribution in [0.2, 0.25) is 0 Å². The summed E-state index contributed by atoms with van der Waals surface area (Å²) in [5.41, 5.74) is 0. The van der Waals surface area contributed by atoms with Gasteiger partial charge in [0.1, 0.15) is 0 Å². The molecule has 5 nitrogen and oxygen atoms in total. The molecular formula is C14H19IN2O3S. The van der Waals surface area contributed by atoms with E-state index in [1.54, 1.807) is 28.6 Å². The first kappa shape index (κ1) is 16.7. The highest BCUT2D eigenvalue weighted by Gasteiger charge is 2.29. The zero-order valence-electron chi connectivity index (χ0n) is 11.9. The molecule has 1 fully saturated rings. The summed E-state index contributed by atoms with van der Waals surface area (Å²) in [6, 6.07) is 6.91. The van der Waals surface area contributed by atoms with E-state index >= 15 is 0 Å². The molecule has 0 saturated carbocycles. The third-order valence-corrected chi connectivity index (χ3v) is 6.30. The predicted octanol–water partition coefficient (Wildman–Crippen LogP) is 1.83. The van der Waals surface area contributed by atoms with Gasteiger partial charge in [0.25, 0.3) is 0 Å². The van der Waals surface area contributed by atoms with Crippen molar-refractivity contribution in [1.82, 2.24) is 9.62 Å². The molecule has 1 aromatic carbocycles. The van der Waals surface area contributed by atoms with Gasteiger partial charge in [0, 0.05) is 30.1 Å². The molecule has 2 rings (SSSR count). The van der Waals surface area contributed by atoms with Gasteiger partial charge in [-0.1, -0.05) is 0 Å². The number of carbonyl (C=O) groups excluding carboxylic acids is 1. The van der Waals surface area contributed by atoms with Crippen molar-refractivity contribution in [3.63, 3.8) is 0 Å². The van der Waals surface area contributed by atoms with Crippen molar-refractivity contribution in [1.29, 1.82) is 0 Å². The summed E-state index contributed by atoms with van der Waals surface area (Å²) in [6.07, 6.45) is 1.56. The summed E-state index contributed by atoms with van der Waals surface area (Å²) in [7, 11) is -3.39. The summed E-state index contributed by atoms with van der Waals surface area (Å²) in [5, 5.41) is 2.80. The van der Waals surface area contributed by atoms with Crippen molar-refractivity contribution >= 4 is 38.5 Å². The Morgan fingerprint density at radius 1 is 1.29 bits per heavy atom. The minimum absolute atomic E-state index is 0.0380. The van der Waals surface area contributed by atoms with Crippen LogP contribution in [0.5, 0.6) is 0 Å². The molecule has 0 aliphatic carbocycles. The number of hydrogen-bond donors (Lipinski definition) is 1. The molecule has 1 heterocycles. The summed E-state index contributed by atoms with van der Waals surface area (Å²) in [5.74, 6) is 0.320. The second kappa shape index (κ2) is 7.06. The predicted molar refractivity (Wildman–Crippen MR) is 89.3 cm³/mol. The monoisotopic (exact) mass is 422 g/mol. The molecule has 1 aliphatic heterocycles. The van der Waals surface area contributed by atoms with Crippen LogP contribution in [0.1, 0.15) is 19.8 Å². The van der Waals surface area contributed by atoms with E-state index in [0.29, 0.717) is 30.4 Å². The van der Waals surface area contributed by atoms with E-state index in [-0.39, 0.29) is 5.91 Å². The zero-order chi connectivity index (χ0) is 15.5. The van der Waals surface area contributed by atoms with Gasteiger partial charge in [-0.15, -0.1) is 0 Å². The first-order valence-corrected chi connectivity index (χ1v) is 9.41. The lowest BCUT2D eigenvalue weighted by atomic mass is 9.98. The largest absolute Gasteiger partial charge is 0.356 e. The SMILES string of the molecule is CC(=O)NCC1CCN(S(=O)(=O)c2ccc(I)cc2)CC1. The van der Waals surface area contributed by atoms with E-state index in [2.05, 4.69) is 27.9 Å². The lowest BCUT2D eigenvalue weighted by molar-refractivity contribution is -0.119. The van der Waals surface area contributed by atoms with Crippen molar-refractivity contribution in [2.45, 2.75) is 24.7 Å². The summed E-state index contributed by atoms with van der Waals surface area (Å²) >= 11 is 2.15. The van der Waals surface area contributed by atoms with Crippen molar-refractivity contribution in [2.24, 2.45) is 5.92 Å². The molecule has 1 saturated heterocycles. The Labute approximate surface area is 139 Å². The molecule has 0 spiro atoms. The first-order chi connectivity index (χ1) is 9.89. The topological polar surface area (TPSA) is 66.5 Å². The van der Waals surface area contributed by atoms with Crippen LogP contribution in [0.3, 0.4) is 0 Å². The molecular weight excluding hydrogens is 403 g/mol. The Balaban J connectivity index is 1.97. The molecule has 116 valence electrons. The van der Waals surface area contributed by atoms with Gasteiger partial charge >= 0.3 is 0 Å². The average molecular weight is 422 g/mol. The fourth-order valence-corrected chi connectivity index (χ4v) is 4.23. The number of benzene rings is 1. The molecule has 0 bridgehead atoms. The number of halogens is 1. The van der Waals surface area contributed by atoms with Crippen molar-refractivity contribution in [3.8, 4) is 0 Å². The molecule has 0 unspecified atom stereocenters. The standard InChI is InChI=1S/C14H19IN2O3S/c1-11(18)16-10-12-6-8-17(9-7-12)21(19,20)14-4-2-13(15)3-5-14/h2-5,12H,6-10H2,1H3,(H,16,18). The summed E-state index contributed by atoms with van der Waals surface area (Å²) in [6.45, 7) is 3.15. The minimum atomic E-state index is -3.39. The molecule has 0 atom stereocenters. The van der Waals surface area contributed by atoms with E-state index in [0.717, 1.165) is 16.4 Å². The number of amides is 1. The van der Waals surface area contributed by atoms with Crippen molar-refractivity contribution in [2.75, 3.05) is 19.6 Å². The minimum Gasteiger partial charge on any atom is -0.356 e. The van der Waals surface area contributed by atoms with Crippen LogP contribution in [0.15, 0.2) is 29.2 Å². The molecule has 0 radical (unpaired) electrons. The maximum absolute atomic E-state index is 12.5. The zero-order valence-corrected chi connectivity index (χ0v) is 14.9. The van der Waals surface area contributed by atoms with Crippen LogP contribution in [-0.2, 0) is 14.8 Å². The van der Waals surface area contributed by atoms with Gasteiger partial charge in [0.05, 0.1) is 4.90 Å². The second-order valence-corrected chi connectivity index (χ2v) is 8.42. The van der Waals surface area contributed by atoms with Crippen LogP contribution < -0.4 is 5.32 Å². The molecule has 0 aromatic heterocycles. The van der Waals surface area contributed by atoms with Gasteiger partial charge in [0.2, 0.25) is 15.9 Å². The van der Waals surface area contributed by atoms with Crippen LogP contribution in [0.25, 0.3) is 0 Å². The van der Waals surface area contributed by atoms with Gasteiger partial charge < -0.3 is 5.32 Å². The summed E-state index contributed by atoms with van der Waals surface area (Å²) in [4.78, 5) is 11.3. The Morgan fingerprint density at radius 3 is 2.38 bits per heavy atom. The number of hydrogen-bond acceptors (Lipinski definition) is 3. The number of nitrogens with one attached hydrogen (secondary N) is 1. The third-order valence-electron chi connectivity index (χ3n) is 3.66. The van der Waals surface area contributed by atoms with E-state index in [4.69, 9.17) is 0 Å². The quantitative estimate of drug-likeness (QED) is 0.754. The average Bonchev–Trinajstić information content (AvgIpc) is 2.46. The van der Waals surface area contributed by atoms with Crippen LogP contribution >= 0.6 is 22.6 Å². The molecule has 7 heteroatoms. The smallest absolute Gasteiger partial charge is 0.243 e. The molecule has 1 aromatic rings. The molecule has 1 N–H and O–H groups in total. The Kier molecular flexibility index (Phi) is 5.61. The lowest BCUT2D eigenvalue weighted by Gasteiger charge is -2.31. The lowest BCUT2D eigenvalue weighted by Crippen LogP contribution is -2.41. The van der Waals surface area contributed by atoms with Crippen LogP contribution in [-0.4, -0.2) is 38.3 Å². The summed E-state index contributed by atoms with van der Waals surface area (Å²) < 4.78 is 27.6. The maximum Gasteiger partial charge on any atom is 0.243 e. The number of carbonyl (C=O) groups is 1. The first-order valence-electron chi connectivity index (χ1n) is 6.90. The van der Waals surface area contributed by atoms with E-state index in [9.17, 15) is 13.2 Å². The second-order valence-electron chi connectivity index (χ2n) is 5.24. The third kappa shape index (κ3) is 4.40. The number of rotatable bonds is 4. The highest BCUT2D eigenvalue weighted by Crippen LogP contribution is 2.23. The van der Waals surface area contributed by atoms with E-state index in [1.165, 1.54) is 6.92 Å². The van der Waals surface area contributed by atoms with Gasteiger partial charge in [-0.3, -0.25) is 4.79 Å². The molecule has 1 aliphatic rings. The van der Waals surface area contributed by atoms with Gasteiger partial charge in [-0.2, -0.15) is 4.31 Å². The van der Waals surface area contributed by atoms with Crippen molar-refractivity contribution in [3.05, 3.63) is 27.8 Å². The Bertz CT molecular complexity index is 593. The number of sulfonamides is 1.